The molecule has 8 nitrogen and oxygen atoms in total. The fourth-order valence-electron chi connectivity index (χ4n) is 4.12. The van der Waals surface area contributed by atoms with E-state index in [-0.39, 0.29) is 11.5 Å². The Bertz CT molecular complexity index is 737. The van der Waals surface area contributed by atoms with Gasteiger partial charge in [0.15, 0.2) is 0 Å². The summed E-state index contributed by atoms with van der Waals surface area (Å²) in [6.45, 7) is 11.1. The van der Waals surface area contributed by atoms with Gasteiger partial charge in [-0.1, -0.05) is 6.92 Å². The Morgan fingerprint density at radius 3 is 2.63 bits per heavy atom. The van der Waals surface area contributed by atoms with E-state index in [1.807, 2.05) is 11.8 Å². The number of carbonyl (C=O) groups is 1. The maximum absolute atomic E-state index is 12.5. The zero-order valence-electron chi connectivity index (χ0n) is 18.5. The number of amides is 1. The number of hydrogen-bond acceptors (Lipinski definition) is 6. The van der Waals surface area contributed by atoms with Gasteiger partial charge in [-0.2, -0.15) is 0 Å². The Kier molecular flexibility index (Phi) is 8.69. The Morgan fingerprint density at radius 2 is 1.93 bits per heavy atom. The van der Waals surface area contributed by atoms with Crippen LogP contribution in [0, 0.1) is 12.8 Å². The molecule has 0 spiro atoms. The summed E-state index contributed by atoms with van der Waals surface area (Å²) in [5.41, 5.74) is 1.15. The lowest BCUT2D eigenvalue weighted by Crippen LogP contribution is -2.38. The summed E-state index contributed by atoms with van der Waals surface area (Å²) in [6.07, 6.45) is 5.44. The van der Waals surface area contributed by atoms with Crippen LogP contribution in [0.5, 0.6) is 0 Å². The van der Waals surface area contributed by atoms with Gasteiger partial charge in [-0.25, -0.2) is 4.98 Å². The first-order valence-corrected chi connectivity index (χ1v) is 11.4. The van der Waals surface area contributed by atoms with Gasteiger partial charge >= 0.3 is 0 Å². The second-order valence-corrected chi connectivity index (χ2v) is 8.63. The Morgan fingerprint density at radius 1 is 1.20 bits per heavy atom. The van der Waals surface area contributed by atoms with E-state index in [1.54, 1.807) is 0 Å². The quantitative estimate of drug-likeness (QED) is 0.589. The number of ether oxygens (including phenoxy) is 1. The van der Waals surface area contributed by atoms with Gasteiger partial charge < -0.3 is 19.9 Å². The van der Waals surface area contributed by atoms with Crippen LogP contribution in [0.1, 0.15) is 50.3 Å². The number of aryl methyl sites for hydroxylation is 1. The van der Waals surface area contributed by atoms with E-state index < -0.39 is 0 Å². The van der Waals surface area contributed by atoms with Crippen LogP contribution in [-0.2, 0) is 16.0 Å². The van der Waals surface area contributed by atoms with E-state index in [4.69, 9.17) is 4.74 Å². The second-order valence-electron chi connectivity index (χ2n) is 8.63. The van der Waals surface area contributed by atoms with Crippen molar-refractivity contribution in [3.8, 4) is 0 Å². The van der Waals surface area contributed by atoms with E-state index in [0.717, 1.165) is 38.4 Å². The van der Waals surface area contributed by atoms with Gasteiger partial charge in [-0.3, -0.25) is 14.6 Å². The van der Waals surface area contributed by atoms with Crippen LogP contribution in [0.2, 0.25) is 0 Å². The van der Waals surface area contributed by atoms with E-state index in [2.05, 4.69) is 27.1 Å². The molecule has 0 aliphatic carbocycles. The first-order valence-electron chi connectivity index (χ1n) is 11.4. The van der Waals surface area contributed by atoms with Gasteiger partial charge in [-0.15, -0.1) is 0 Å². The van der Waals surface area contributed by atoms with Crippen LogP contribution in [-0.4, -0.2) is 73.3 Å². The summed E-state index contributed by atoms with van der Waals surface area (Å²) in [6, 6.07) is 0. The van der Waals surface area contributed by atoms with E-state index in [1.165, 1.54) is 25.9 Å². The number of aromatic nitrogens is 2. The van der Waals surface area contributed by atoms with E-state index in [9.17, 15) is 9.59 Å². The molecule has 1 aromatic heterocycles. The third kappa shape index (κ3) is 6.80. The number of aromatic amines is 1. The lowest BCUT2D eigenvalue weighted by Gasteiger charge is -2.30. The van der Waals surface area contributed by atoms with Gasteiger partial charge in [-0.05, 0) is 64.6 Å². The van der Waals surface area contributed by atoms with Crippen molar-refractivity contribution in [3.63, 3.8) is 0 Å². The number of rotatable bonds is 9. The van der Waals surface area contributed by atoms with Crippen LogP contribution in [0.25, 0.3) is 0 Å². The van der Waals surface area contributed by atoms with Crippen LogP contribution in [0.4, 0.5) is 5.95 Å². The molecule has 30 heavy (non-hydrogen) atoms. The number of likely N-dealkylation sites (tertiary alicyclic amines) is 1. The third-order valence-corrected chi connectivity index (χ3v) is 6.22. The molecule has 1 aromatic rings. The molecule has 0 aromatic carbocycles. The lowest BCUT2D eigenvalue weighted by molar-refractivity contribution is -0.121. The monoisotopic (exact) mass is 419 g/mol. The molecule has 2 aliphatic heterocycles. The van der Waals surface area contributed by atoms with Crippen molar-refractivity contribution in [2.24, 2.45) is 5.92 Å². The normalized spacial score (nSPS) is 18.5. The largest absolute Gasteiger partial charge is 0.378 e. The highest BCUT2D eigenvalue weighted by Crippen LogP contribution is 2.16. The number of unbranched alkanes of at least 4 members (excludes halogenated alkanes) is 1. The molecule has 2 N–H and O–H groups in total. The minimum absolute atomic E-state index is 0.00199. The lowest BCUT2D eigenvalue weighted by atomic mass is 9.99. The Balaban J connectivity index is 1.35. The topological polar surface area (TPSA) is 90.6 Å². The molecule has 0 bridgehead atoms. The molecule has 0 atom stereocenters. The standard InChI is InChI=1S/C22H37N5O3/c1-17-7-11-26(12-8-17)10-4-3-9-23-20(28)6-5-19-18(2)24-22(25-21(19)29)27-13-15-30-16-14-27/h17H,3-16H2,1-2H3,(H,23,28)(H,24,25,29). The van der Waals surface area contributed by atoms with Crippen molar-refractivity contribution in [1.29, 1.82) is 0 Å². The molecule has 1 amide bonds. The van der Waals surface area contributed by atoms with Crippen LogP contribution in [0.3, 0.4) is 0 Å². The third-order valence-electron chi connectivity index (χ3n) is 6.22. The first-order chi connectivity index (χ1) is 14.5. The van der Waals surface area contributed by atoms with Crippen LogP contribution >= 0.6 is 0 Å². The van der Waals surface area contributed by atoms with E-state index >= 15 is 0 Å². The zero-order chi connectivity index (χ0) is 21.3. The Hall–Kier alpha value is -1.93. The van der Waals surface area contributed by atoms with Crippen LogP contribution < -0.4 is 15.8 Å². The fraction of sp³-hybridized carbons (Fsp3) is 0.773. The first kappa shape index (κ1) is 22.7. The summed E-state index contributed by atoms with van der Waals surface area (Å²) in [5.74, 6) is 1.46. The van der Waals surface area contributed by atoms with Crippen molar-refractivity contribution in [2.45, 2.75) is 52.4 Å². The minimum Gasteiger partial charge on any atom is -0.378 e. The molecule has 0 saturated carbocycles. The smallest absolute Gasteiger partial charge is 0.255 e. The zero-order valence-corrected chi connectivity index (χ0v) is 18.5. The van der Waals surface area contributed by atoms with E-state index in [0.29, 0.717) is 49.8 Å². The average molecular weight is 420 g/mol. The number of nitrogens with zero attached hydrogens (tertiary/aromatic N) is 3. The maximum Gasteiger partial charge on any atom is 0.255 e. The van der Waals surface area contributed by atoms with Gasteiger partial charge in [0.05, 0.1) is 13.2 Å². The molecule has 2 saturated heterocycles. The molecule has 0 radical (unpaired) electrons. The number of nitrogens with one attached hydrogen (secondary N) is 2. The summed E-state index contributed by atoms with van der Waals surface area (Å²) in [5, 5.41) is 2.99. The molecule has 2 fully saturated rings. The molecule has 3 heterocycles. The molecule has 2 aliphatic rings. The Labute approximate surface area is 179 Å². The predicted molar refractivity (Wildman–Crippen MR) is 118 cm³/mol. The highest BCUT2D eigenvalue weighted by molar-refractivity contribution is 5.76. The second kappa shape index (κ2) is 11.5. The maximum atomic E-state index is 12.5. The highest BCUT2D eigenvalue weighted by Gasteiger charge is 2.17. The summed E-state index contributed by atoms with van der Waals surface area (Å²) in [4.78, 5) is 36.7. The number of piperidine rings is 1. The minimum atomic E-state index is -0.146. The van der Waals surface area contributed by atoms with Crippen molar-refractivity contribution >= 4 is 11.9 Å². The number of carbonyl (C=O) groups excluding carboxylic acids is 1. The van der Waals surface area contributed by atoms with Gasteiger partial charge in [0.25, 0.3) is 5.56 Å². The molecule has 168 valence electrons. The van der Waals surface area contributed by atoms with Gasteiger partial charge in [0, 0.05) is 37.3 Å². The predicted octanol–water partition coefficient (Wildman–Crippen LogP) is 1.48. The van der Waals surface area contributed by atoms with Crippen molar-refractivity contribution in [2.75, 3.05) is 57.4 Å². The number of morpholine rings is 1. The molecule has 0 unspecified atom stereocenters. The van der Waals surface area contributed by atoms with Crippen molar-refractivity contribution in [1.82, 2.24) is 20.2 Å². The highest BCUT2D eigenvalue weighted by atomic mass is 16.5. The summed E-state index contributed by atoms with van der Waals surface area (Å²) < 4.78 is 5.34. The summed E-state index contributed by atoms with van der Waals surface area (Å²) in [7, 11) is 0. The number of H-pyrrole nitrogens is 1. The number of hydrogen-bond donors (Lipinski definition) is 2. The van der Waals surface area contributed by atoms with Gasteiger partial charge in [0.2, 0.25) is 11.9 Å². The molecule has 3 rings (SSSR count). The van der Waals surface area contributed by atoms with Crippen molar-refractivity contribution < 1.29 is 9.53 Å². The SMILES string of the molecule is Cc1nc(N2CCOCC2)[nH]c(=O)c1CCC(=O)NCCCCN1CCC(C)CC1. The van der Waals surface area contributed by atoms with Gasteiger partial charge in [0.1, 0.15) is 0 Å². The molecular formula is C22H37N5O3. The fourth-order valence-corrected chi connectivity index (χ4v) is 4.12. The number of anilines is 1. The van der Waals surface area contributed by atoms with Crippen LogP contribution in [0.15, 0.2) is 4.79 Å². The van der Waals surface area contributed by atoms with Crippen molar-refractivity contribution in [3.05, 3.63) is 21.6 Å². The molecule has 8 heteroatoms. The average Bonchev–Trinajstić information content (AvgIpc) is 2.74. The molecular weight excluding hydrogens is 382 g/mol. The summed E-state index contributed by atoms with van der Waals surface area (Å²) >= 11 is 0.